The number of benzene rings is 2. The zero-order valence-corrected chi connectivity index (χ0v) is 24.9. The number of fused-ring (bicyclic) bond motifs is 1. The molecule has 0 spiro atoms. The van der Waals surface area contributed by atoms with Crippen LogP contribution >= 0.6 is 46.1 Å². The fraction of sp³-hybridized carbons (Fsp3) is 0.400. The number of thiophene rings is 1. The highest BCUT2D eigenvalue weighted by atomic mass is 35.5. The third kappa shape index (κ3) is 6.74. The van der Waals surface area contributed by atoms with Crippen LogP contribution in [0, 0.1) is 0 Å². The van der Waals surface area contributed by atoms with Gasteiger partial charge in [-0.2, -0.15) is 0 Å². The normalized spacial score (nSPS) is 15.8. The van der Waals surface area contributed by atoms with Gasteiger partial charge in [-0.3, -0.25) is 4.79 Å². The molecule has 1 fully saturated rings. The Labute approximate surface area is 248 Å². The van der Waals surface area contributed by atoms with Gasteiger partial charge in [0.2, 0.25) is 0 Å². The molecule has 1 N–H and O–H groups in total. The number of nitrogens with one attached hydrogen (secondary N) is 1. The molecule has 0 unspecified atom stereocenters. The van der Waals surface area contributed by atoms with Crippen LogP contribution < -0.4 is 14.8 Å². The summed E-state index contributed by atoms with van der Waals surface area (Å²) in [7, 11) is 1.57. The van der Waals surface area contributed by atoms with Gasteiger partial charge in [0.05, 0.1) is 27.7 Å². The van der Waals surface area contributed by atoms with Crippen LogP contribution in [0.3, 0.4) is 0 Å². The second-order valence-corrected chi connectivity index (χ2v) is 12.3. The minimum Gasteiger partial charge on any atom is -0.493 e. The number of halogens is 3. The molecule has 39 heavy (non-hydrogen) atoms. The summed E-state index contributed by atoms with van der Waals surface area (Å²) < 4.78 is 11.6. The number of aliphatic imine (C=N–C) groups is 1. The number of methoxy groups -OCH3 is 1. The average molecular weight is 606 g/mol. The summed E-state index contributed by atoms with van der Waals surface area (Å²) in [5.74, 6) is 0.932. The van der Waals surface area contributed by atoms with Gasteiger partial charge < -0.3 is 14.8 Å². The van der Waals surface area contributed by atoms with E-state index in [0.29, 0.717) is 26.6 Å². The fourth-order valence-electron chi connectivity index (χ4n) is 5.25. The molecule has 0 atom stereocenters. The average Bonchev–Trinajstić information content (AvgIpc) is 3.32. The predicted molar refractivity (Wildman–Crippen MR) is 161 cm³/mol. The van der Waals surface area contributed by atoms with Gasteiger partial charge in [0.1, 0.15) is 11.6 Å². The van der Waals surface area contributed by atoms with E-state index < -0.39 is 0 Å². The van der Waals surface area contributed by atoms with Crippen LogP contribution in [0.1, 0.15) is 76.9 Å². The first kappa shape index (κ1) is 28.3. The minimum absolute atomic E-state index is 0.00936. The summed E-state index contributed by atoms with van der Waals surface area (Å²) in [5.41, 5.74) is 3.53. The summed E-state index contributed by atoms with van der Waals surface area (Å²) >= 11 is 20.4. The number of carbonyl (C=O) groups is 1. The molecule has 0 aliphatic heterocycles. The highest BCUT2D eigenvalue weighted by Gasteiger charge is 2.27. The third-order valence-corrected chi connectivity index (χ3v) is 9.49. The molecule has 5 rings (SSSR count). The van der Waals surface area contributed by atoms with Gasteiger partial charge >= 0.3 is 0 Å². The highest BCUT2D eigenvalue weighted by Crippen LogP contribution is 2.41. The number of nitrogens with zero attached hydrogens (tertiary/aromatic N) is 1. The standard InChI is InChI=1S/C30H31Cl3N2O3S/c1-37-25-15-19(14-24(33)28(25)38-17-18-11-12-22(31)23(32)13-18)16-34-30-27(21-9-5-6-10-26(21)39-30)29(36)35-20-7-3-2-4-8-20/h11-16,20H,2-10,17H2,1H3,(H,35,36). The highest BCUT2D eigenvalue weighted by molar-refractivity contribution is 7.16. The van der Waals surface area contributed by atoms with Gasteiger partial charge in [-0.05, 0) is 79.5 Å². The van der Waals surface area contributed by atoms with Crippen LogP contribution in [0.4, 0.5) is 5.00 Å². The van der Waals surface area contributed by atoms with Crippen molar-refractivity contribution < 1.29 is 14.3 Å². The van der Waals surface area contributed by atoms with E-state index in [0.717, 1.165) is 60.2 Å². The molecule has 1 saturated carbocycles. The van der Waals surface area contributed by atoms with E-state index in [1.807, 2.05) is 12.1 Å². The molecule has 0 bridgehead atoms. The summed E-state index contributed by atoms with van der Waals surface area (Å²) in [6.07, 6.45) is 11.6. The number of rotatable bonds is 8. The van der Waals surface area contributed by atoms with Gasteiger partial charge in [0.15, 0.2) is 11.5 Å². The lowest BCUT2D eigenvalue weighted by Gasteiger charge is -2.23. The molecule has 2 aliphatic carbocycles. The van der Waals surface area contributed by atoms with E-state index in [9.17, 15) is 4.79 Å². The first-order valence-corrected chi connectivity index (χ1v) is 15.3. The van der Waals surface area contributed by atoms with Crippen LogP contribution in [-0.2, 0) is 19.4 Å². The maximum Gasteiger partial charge on any atom is 0.254 e. The molecule has 1 aromatic heterocycles. The molecule has 0 saturated heterocycles. The zero-order chi connectivity index (χ0) is 27.4. The van der Waals surface area contributed by atoms with Crippen LogP contribution in [0.5, 0.6) is 11.5 Å². The van der Waals surface area contributed by atoms with Gasteiger partial charge in [0, 0.05) is 17.1 Å². The van der Waals surface area contributed by atoms with Crippen molar-refractivity contribution in [1.29, 1.82) is 0 Å². The van der Waals surface area contributed by atoms with E-state index in [1.165, 1.54) is 29.7 Å². The summed E-state index contributed by atoms with van der Waals surface area (Å²) in [5, 5.41) is 5.40. The van der Waals surface area contributed by atoms with Crippen molar-refractivity contribution in [1.82, 2.24) is 5.32 Å². The lowest BCUT2D eigenvalue weighted by molar-refractivity contribution is 0.0927. The van der Waals surface area contributed by atoms with Crippen molar-refractivity contribution in [2.24, 2.45) is 4.99 Å². The minimum atomic E-state index is 0.00936. The van der Waals surface area contributed by atoms with E-state index in [2.05, 4.69) is 5.32 Å². The van der Waals surface area contributed by atoms with Gasteiger partial charge in [-0.15, -0.1) is 11.3 Å². The van der Waals surface area contributed by atoms with Crippen LogP contribution in [-0.4, -0.2) is 25.3 Å². The summed E-state index contributed by atoms with van der Waals surface area (Å²) in [6, 6.07) is 9.20. The maximum atomic E-state index is 13.5. The van der Waals surface area contributed by atoms with Crippen molar-refractivity contribution in [2.45, 2.75) is 70.4 Å². The Hall–Kier alpha value is -2.25. The summed E-state index contributed by atoms with van der Waals surface area (Å²) in [6.45, 7) is 0.251. The van der Waals surface area contributed by atoms with Crippen LogP contribution in [0.15, 0.2) is 35.3 Å². The molecule has 3 aromatic rings. The van der Waals surface area contributed by atoms with Gasteiger partial charge in [-0.1, -0.05) is 60.1 Å². The number of carbonyl (C=O) groups excluding carboxylic acids is 1. The molecule has 206 valence electrons. The van der Waals surface area contributed by atoms with E-state index in [4.69, 9.17) is 49.3 Å². The predicted octanol–water partition coefficient (Wildman–Crippen LogP) is 8.99. The molecule has 1 heterocycles. The van der Waals surface area contributed by atoms with Crippen molar-refractivity contribution in [3.8, 4) is 11.5 Å². The first-order valence-electron chi connectivity index (χ1n) is 13.4. The van der Waals surface area contributed by atoms with Crippen LogP contribution in [0.2, 0.25) is 15.1 Å². The van der Waals surface area contributed by atoms with Gasteiger partial charge in [0.25, 0.3) is 5.91 Å². The largest absolute Gasteiger partial charge is 0.493 e. The lowest BCUT2D eigenvalue weighted by Crippen LogP contribution is -2.36. The lowest BCUT2D eigenvalue weighted by atomic mass is 9.93. The van der Waals surface area contributed by atoms with Gasteiger partial charge in [-0.25, -0.2) is 4.99 Å². The monoisotopic (exact) mass is 604 g/mol. The smallest absolute Gasteiger partial charge is 0.254 e. The Morgan fingerprint density at radius 2 is 1.82 bits per heavy atom. The SMILES string of the molecule is COc1cc(C=Nc2sc3c(c2C(=O)NC2CCCCC2)CCCC3)cc(Cl)c1OCc1ccc(Cl)c(Cl)c1. The molecule has 2 aliphatic rings. The molecular weight excluding hydrogens is 575 g/mol. The van der Waals surface area contributed by atoms with Crippen LogP contribution in [0.25, 0.3) is 0 Å². The maximum absolute atomic E-state index is 13.5. The van der Waals surface area contributed by atoms with E-state index >= 15 is 0 Å². The third-order valence-electron chi connectivity index (χ3n) is 7.27. The Bertz CT molecular complexity index is 1380. The van der Waals surface area contributed by atoms with Crippen molar-refractivity contribution in [3.63, 3.8) is 0 Å². The number of hydrogen-bond donors (Lipinski definition) is 1. The Morgan fingerprint density at radius 3 is 2.59 bits per heavy atom. The second kappa shape index (κ2) is 12.9. The second-order valence-electron chi connectivity index (χ2n) is 10.0. The quantitative estimate of drug-likeness (QED) is 0.261. The fourth-order valence-corrected chi connectivity index (χ4v) is 7.08. The molecule has 0 radical (unpaired) electrons. The Balaban J connectivity index is 1.37. The number of ether oxygens (including phenoxy) is 2. The molecular formula is C30H31Cl3N2O3S. The Morgan fingerprint density at radius 1 is 1.03 bits per heavy atom. The number of amides is 1. The van der Waals surface area contributed by atoms with E-state index in [1.54, 1.807) is 42.9 Å². The number of aryl methyl sites for hydroxylation is 1. The van der Waals surface area contributed by atoms with Crippen molar-refractivity contribution >= 4 is 63.3 Å². The molecule has 9 heteroatoms. The first-order chi connectivity index (χ1) is 18.9. The van der Waals surface area contributed by atoms with Crippen molar-refractivity contribution in [2.75, 3.05) is 7.11 Å². The number of hydrogen-bond acceptors (Lipinski definition) is 5. The summed E-state index contributed by atoms with van der Waals surface area (Å²) in [4.78, 5) is 19.5. The molecule has 5 nitrogen and oxygen atoms in total. The zero-order valence-electron chi connectivity index (χ0n) is 21.8. The van der Waals surface area contributed by atoms with E-state index in [-0.39, 0.29) is 18.6 Å². The topological polar surface area (TPSA) is 59.9 Å². The van der Waals surface area contributed by atoms with Crippen molar-refractivity contribution in [3.05, 3.63) is 72.5 Å². The Kier molecular flexibility index (Phi) is 9.39. The molecule has 1 amide bonds. The molecule has 2 aromatic carbocycles.